The van der Waals surface area contributed by atoms with Crippen LogP contribution >= 0.6 is 31.9 Å². The molecular formula is C31H28Br2N6. The highest BCUT2D eigenvalue weighted by molar-refractivity contribution is 9.10. The van der Waals surface area contributed by atoms with Crippen molar-refractivity contribution < 1.29 is 0 Å². The predicted molar refractivity (Wildman–Crippen MR) is 163 cm³/mol. The van der Waals surface area contributed by atoms with Gasteiger partial charge < -0.3 is 0 Å². The standard InChI is InChI=1S/C31H28Br2N6/c1-2-3-19-39(21-23-10-5-12-25(35-23)28-15-7-17-30(32)37-28)20-22-9-4-11-24(34-22)26-13-6-14-27(36-26)29-16-8-18-31(33)38-29/h4-18H,2-3,19-21H2,1H3. The SMILES string of the molecule is CCCCN(Cc1cccc(-c2cccc(Br)n2)n1)Cc1cccc(-c2cccc(-c3cccc(Br)n3)n2)n1. The predicted octanol–water partition coefficient (Wildman–Crippen LogP) is 7.99. The second-order valence-corrected chi connectivity index (χ2v) is 10.8. The minimum absolute atomic E-state index is 0.724. The molecule has 0 aromatic carbocycles. The molecular weight excluding hydrogens is 616 g/mol. The van der Waals surface area contributed by atoms with Gasteiger partial charge in [-0.3, -0.25) is 4.90 Å². The number of unbranched alkanes of at least 4 members (excludes halogenated alkanes) is 1. The van der Waals surface area contributed by atoms with Crippen LogP contribution in [0.25, 0.3) is 34.2 Å². The third-order valence-electron chi connectivity index (χ3n) is 6.18. The highest BCUT2D eigenvalue weighted by Crippen LogP contribution is 2.23. The summed E-state index contributed by atoms with van der Waals surface area (Å²) in [5, 5.41) is 0. The lowest BCUT2D eigenvalue weighted by molar-refractivity contribution is 0.247. The first-order valence-electron chi connectivity index (χ1n) is 12.9. The summed E-state index contributed by atoms with van der Waals surface area (Å²) in [7, 11) is 0. The van der Waals surface area contributed by atoms with Crippen molar-refractivity contribution in [3.8, 4) is 34.2 Å². The second-order valence-electron chi connectivity index (χ2n) is 9.19. The Labute approximate surface area is 245 Å². The Kier molecular flexibility index (Phi) is 9.19. The summed E-state index contributed by atoms with van der Waals surface area (Å²) in [5.41, 5.74) is 7.05. The molecule has 0 radical (unpaired) electrons. The largest absolute Gasteiger partial charge is 0.292 e. The van der Waals surface area contributed by atoms with E-state index in [1.165, 1.54) is 0 Å². The first-order chi connectivity index (χ1) is 19.1. The Balaban J connectivity index is 1.36. The van der Waals surface area contributed by atoms with Crippen LogP contribution in [0, 0.1) is 0 Å². The van der Waals surface area contributed by atoms with Crippen LogP contribution in [0.1, 0.15) is 31.2 Å². The molecule has 0 fully saturated rings. The average Bonchev–Trinajstić information content (AvgIpc) is 2.96. The van der Waals surface area contributed by atoms with Gasteiger partial charge in [-0.05, 0) is 105 Å². The molecule has 6 nitrogen and oxygen atoms in total. The molecule has 0 aliphatic heterocycles. The van der Waals surface area contributed by atoms with Gasteiger partial charge in [0.05, 0.1) is 45.6 Å². The maximum Gasteiger partial charge on any atom is 0.106 e. The van der Waals surface area contributed by atoms with Gasteiger partial charge in [0.2, 0.25) is 0 Å². The fourth-order valence-electron chi connectivity index (χ4n) is 4.30. The third-order valence-corrected chi connectivity index (χ3v) is 7.06. The van der Waals surface area contributed by atoms with Gasteiger partial charge in [0, 0.05) is 13.1 Å². The van der Waals surface area contributed by atoms with Crippen LogP contribution < -0.4 is 0 Å². The molecule has 0 amide bonds. The molecule has 5 rings (SSSR count). The van der Waals surface area contributed by atoms with Gasteiger partial charge in [0.25, 0.3) is 0 Å². The van der Waals surface area contributed by atoms with Crippen molar-refractivity contribution in [2.75, 3.05) is 6.54 Å². The van der Waals surface area contributed by atoms with Crippen molar-refractivity contribution in [3.05, 3.63) is 112 Å². The first kappa shape index (κ1) is 27.2. The smallest absolute Gasteiger partial charge is 0.106 e. The van der Waals surface area contributed by atoms with E-state index in [1.54, 1.807) is 0 Å². The van der Waals surface area contributed by atoms with Gasteiger partial charge in [-0.1, -0.05) is 43.7 Å². The molecule has 0 saturated heterocycles. The van der Waals surface area contributed by atoms with Crippen molar-refractivity contribution in [2.45, 2.75) is 32.9 Å². The first-order valence-corrected chi connectivity index (χ1v) is 14.5. The lowest BCUT2D eigenvalue weighted by Crippen LogP contribution is -2.25. The van der Waals surface area contributed by atoms with Crippen molar-refractivity contribution in [1.29, 1.82) is 0 Å². The lowest BCUT2D eigenvalue weighted by Gasteiger charge is -2.22. The summed E-state index contributed by atoms with van der Waals surface area (Å²) in [4.78, 5) is 26.3. The molecule has 8 heteroatoms. The third kappa shape index (κ3) is 7.41. The number of halogens is 2. The number of nitrogens with zero attached hydrogens (tertiary/aromatic N) is 6. The van der Waals surface area contributed by atoms with Crippen molar-refractivity contribution in [3.63, 3.8) is 0 Å². The zero-order chi connectivity index (χ0) is 27.0. The van der Waals surface area contributed by atoms with Crippen molar-refractivity contribution in [2.24, 2.45) is 0 Å². The summed E-state index contributed by atoms with van der Waals surface area (Å²) in [6.45, 7) is 4.64. The molecule has 0 aliphatic rings. The molecule has 5 aromatic heterocycles. The van der Waals surface area contributed by atoms with Crippen LogP contribution in [0.15, 0.2) is 100 Å². The molecule has 0 saturated carbocycles. The van der Waals surface area contributed by atoms with Gasteiger partial charge in [0.1, 0.15) is 9.21 Å². The molecule has 0 unspecified atom stereocenters. The summed E-state index contributed by atoms with van der Waals surface area (Å²) in [6.07, 6.45) is 2.23. The van der Waals surface area contributed by atoms with Crippen LogP contribution in [0.4, 0.5) is 0 Å². The van der Waals surface area contributed by atoms with Gasteiger partial charge >= 0.3 is 0 Å². The van der Waals surface area contributed by atoms with Gasteiger partial charge in [0.15, 0.2) is 0 Å². The summed E-state index contributed by atoms with van der Waals surface area (Å²) in [6, 6.07) is 30.0. The molecule has 196 valence electrons. The van der Waals surface area contributed by atoms with E-state index < -0.39 is 0 Å². The Hall–Kier alpha value is -3.33. The van der Waals surface area contributed by atoms with Gasteiger partial charge in [-0.2, -0.15) is 0 Å². The van der Waals surface area contributed by atoms with Crippen LogP contribution in [0.5, 0.6) is 0 Å². The fraction of sp³-hybridized carbons (Fsp3) is 0.194. The van der Waals surface area contributed by atoms with E-state index in [2.05, 4.69) is 77.9 Å². The van der Waals surface area contributed by atoms with E-state index >= 15 is 0 Å². The van der Waals surface area contributed by atoms with E-state index in [0.29, 0.717) is 0 Å². The zero-order valence-corrected chi connectivity index (χ0v) is 24.8. The number of pyridine rings is 5. The maximum atomic E-state index is 4.99. The van der Waals surface area contributed by atoms with Crippen molar-refractivity contribution >= 4 is 31.9 Å². The van der Waals surface area contributed by atoms with E-state index in [4.69, 9.17) is 15.0 Å². The minimum Gasteiger partial charge on any atom is -0.292 e. The Morgan fingerprint density at radius 1 is 0.513 bits per heavy atom. The molecule has 0 N–H and O–H groups in total. The average molecular weight is 644 g/mol. The second kappa shape index (κ2) is 13.2. The van der Waals surface area contributed by atoms with E-state index in [1.807, 2.05) is 66.7 Å². The molecule has 5 aromatic rings. The summed E-state index contributed by atoms with van der Waals surface area (Å²) < 4.78 is 1.59. The number of rotatable bonds is 10. The molecule has 0 spiro atoms. The van der Waals surface area contributed by atoms with Crippen molar-refractivity contribution in [1.82, 2.24) is 29.8 Å². The molecule has 5 heterocycles. The lowest BCUT2D eigenvalue weighted by atomic mass is 10.2. The van der Waals surface area contributed by atoms with Crippen LogP contribution in [0.3, 0.4) is 0 Å². The quantitative estimate of drug-likeness (QED) is 0.144. The number of hydrogen-bond acceptors (Lipinski definition) is 6. The zero-order valence-electron chi connectivity index (χ0n) is 21.6. The monoisotopic (exact) mass is 642 g/mol. The highest BCUT2D eigenvalue weighted by Gasteiger charge is 2.12. The van der Waals surface area contributed by atoms with Crippen LogP contribution in [-0.2, 0) is 13.1 Å². The molecule has 0 atom stereocenters. The highest BCUT2D eigenvalue weighted by atomic mass is 79.9. The number of aromatic nitrogens is 5. The maximum absolute atomic E-state index is 4.99. The molecule has 39 heavy (non-hydrogen) atoms. The van der Waals surface area contributed by atoms with Crippen LogP contribution in [-0.4, -0.2) is 36.4 Å². The van der Waals surface area contributed by atoms with Gasteiger partial charge in [-0.15, -0.1) is 0 Å². The Bertz CT molecular complexity index is 1560. The fourth-order valence-corrected chi connectivity index (χ4v) is 4.98. The number of hydrogen-bond donors (Lipinski definition) is 0. The molecule has 0 aliphatic carbocycles. The van der Waals surface area contributed by atoms with E-state index in [0.717, 1.165) is 87.2 Å². The summed E-state index contributed by atoms with van der Waals surface area (Å²) in [5.74, 6) is 0. The Morgan fingerprint density at radius 2 is 0.897 bits per heavy atom. The van der Waals surface area contributed by atoms with E-state index in [9.17, 15) is 0 Å². The minimum atomic E-state index is 0.724. The summed E-state index contributed by atoms with van der Waals surface area (Å²) >= 11 is 6.91. The van der Waals surface area contributed by atoms with E-state index in [-0.39, 0.29) is 0 Å². The van der Waals surface area contributed by atoms with Crippen LogP contribution in [0.2, 0.25) is 0 Å². The normalized spacial score (nSPS) is 11.2. The van der Waals surface area contributed by atoms with Gasteiger partial charge in [-0.25, -0.2) is 24.9 Å². The topological polar surface area (TPSA) is 67.7 Å². The molecule has 0 bridgehead atoms. The Morgan fingerprint density at radius 3 is 1.33 bits per heavy atom.